The summed E-state index contributed by atoms with van der Waals surface area (Å²) in [5.74, 6) is 1.08. The second kappa shape index (κ2) is 6.79. The molecule has 1 aliphatic heterocycles. The smallest absolute Gasteiger partial charge is 0.124 e. The fourth-order valence-corrected chi connectivity index (χ4v) is 2.62. The van der Waals surface area contributed by atoms with Crippen LogP contribution in [0.5, 0.6) is 5.75 Å². The minimum absolute atomic E-state index is 0.467. The minimum atomic E-state index is 0.467. The van der Waals surface area contributed by atoms with Gasteiger partial charge in [-0.25, -0.2) is 0 Å². The Morgan fingerprint density at radius 2 is 2.22 bits per heavy atom. The Morgan fingerprint density at radius 1 is 1.33 bits per heavy atom. The minimum Gasteiger partial charge on any atom is -0.493 e. The third kappa shape index (κ3) is 3.26. The van der Waals surface area contributed by atoms with Gasteiger partial charge in [-0.2, -0.15) is 0 Å². The first kappa shape index (κ1) is 13.4. The first-order valence-electron chi connectivity index (χ1n) is 7.34. The van der Waals surface area contributed by atoms with Crippen molar-refractivity contribution >= 4 is 0 Å². The van der Waals surface area contributed by atoms with E-state index < -0.39 is 0 Å². The maximum Gasteiger partial charge on any atom is 0.124 e. The molecule has 1 aromatic rings. The molecule has 0 radical (unpaired) electrons. The van der Waals surface area contributed by atoms with Gasteiger partial charge in [-0.05, 0) is 43.9 Å². The summed E-state index contributed by atoms with van der Waals surface area (Å²) in [7, 11) is 0. The normalized spacial score (nSPS) is 18.9. The lowest BCUT2D eigenvalue weighted by Crippen LogP contribution is -2.20. The molecule has 2 nitrogen and oxygen atoms in total. The fraction of sp³-hybridized carbons (Fsp3) is 0.625. The highest BCUT2D eigenvalue weighted by Gasteiger charge is 2.19. The summed E-state index contributed by atoms with van der Waals surface area (Å²) in [4.78, 5) is 0. The first-order valence-corrected chi connectivity index (χ1v) is 7.34. The van der Waals surface area contributed by atoms with Crippen molar-refractivity contribution in [3.05, 3.63) is 29.3 Å². The van der Waals surface area contributed by atoms with E-state index in [9.17, 15) is 0 Å². The number of aryl methyl sites for hydroxylation is 1. The van der Waals surface area contributed by atoms with Gasteiger partial charge in [0.05, 0.1) is 6.61 Å². The van der Waals surface area contributed by atoms with Crippen molar-refractivity contribution < 1.29 is 4.74 Å². The van der Waals surface area contributed by atoms with Gasteiger partial charge in [-0.15, -0.1) is 0 Å². The van der Waals surface area contributed by atoms with E-state index in [-0.39, 0.29) is 0 Å². The van der Waals surface area contributed by atoms with Gasteiger partial charge in [-0.1, -0.05) is 32.4 Å². The Bertz CT molecular complexity index is 375. The average molecular weight is 247 g/mol. The third-order valence-electron chi connectivity index (χ3n) is 3.61. The van der Waals surface area contributed by atoms with Crippen molar-refractivity contribution in [3.63, 3.8) is 0 Å². The Labute approximate surface area is 111 Å². The number of nitrogens with one attached hydrogen (secondary N) is 1. The van der Waals surface area contributed by atoms with E-state index in [4.69, 9.17) is 4.74 Å². The van der Waals surface area contributed by atoms with E-state index in [1.165, 1.54) is 36.8 Å². The van der Waals surface area contributed by atoms with Gasteiger partial charge in [0.1, 0.15) is 5.75 Å². The topological polar surface area (TPSA) is 21.3 Å². The zero-order chi connectivity index (χ0) is 12.8. The van der Waals surface area contributed by atoms with Crippen LogP contribution < -0.4 is 10.1 Å². The van der Waals surface area contributed by atoms with Crippen LogP contribution in [-0.4, -0.2) is 13.2 Å². The molecule has 2 rings (SSSR count). The van der Waals surface area contributed by atoms with E-state index in [2.05, 4.69) is 37.4 Å². The van der Waals surface area contributed by atoms with Crippen LogP contribution in [0.15, 0.2) is 18.2 Å². The van der Waals surface area contributed by atoms with E-state index in [0.717, 1.165) is 25.3 Å². The Morgan fingerprint density at radius 3 is 3.00 bits per heavy atom. The summed E-state index contributed by atoms with van der Waals surface area (Å²) >= 11 is 0. The van der Waals surface area contributed by atoms with Gasteiger partial charge in [-0.3, -0.25) is 0 Å². The number of unbranched alkanes of at least 4 members (excludes halogenated alkanes) is 1. The molecule has 18 heavy (non-hydrogen) atoms. The molecule has 0 saturated carbocycles. The van der Waals surface area contributed by atoms with E-state index in [0.29, 0.717) is 6.04 Å². The van der Waals surface area contributed by atoms with Crippen molar-refractivity contribution in [3.8, 4) is 5.75 Å². The van der Waals surface area contributed by atoms with Crippen LogP contribution in [0.1, 0.15) is 56.7 Å². The third-order valence-corrected chi connectivity index (χ3v) is 3.61. The molecule has 0 amide bonds. The van der Waals surface area contributed by atoms with Gasteiger partial charge in [0, 0.05) is 11.6 Å². The summed E-state index contributed by atoms with van der Waals surface area (Å²) in [6.07, 6.45) is 6.02. The van der Waals surface area contributed by atoms with Crippen LogP contribution >= 0.6 is 0 Å². The molecule has 1 unspecified atom stereocenters. The number of hydrogen-bond acceptors (Lipinski definition) is 2. The molecule has 1 aromatic carbocycles. The standard InChI is InChI=1S/C16H25NO/c1-3-5-7-13-9-10-16-14(12-13)15(17-4-2)8-6-11-18-16/h9-10,12,15,17H,3-8,11H2,1-2H3. The first-order chi connectivity index (χ1) is 8.85. The van der Waals surface area contributed by atoms with Gasteiger partial charge in [0.15, 0.2) is 0 Å². The van der Waals surface area contributed by atoms with Crippen molar-refractivity contribution in [1.29, 1.82) is 0 Å². The lowest BCUT2D eigenvalue weighted by molar-refractivity contribution is 0.315. The molecule has 100 valence electrons. The molecule has 0 aromatic heterocycles. The Balaban J connectivity index is 2.21. The van der Waals surface area contributed by atoms with Crippen LogP contribution in [0.4, 0.5) is 0 Å². The van der Waals surface area contributed by atoms with Gasteiger partial charge in [0.2, 0.25) is 0 Å². The van der Waals surface area contributed by atoms with Crippen molar-refractivity contribution in [1.82, 2.24) is 5.32 Å². The molecule has 1 heterocycles. The quantitative estimate of drug-likeness (QED) is 0.853. The zero-order valence-electron chi connectivity index (χ0n) is 11.7. The van der Waals surface area contributed by atoms with Gasteiger partial charge < -0.3 is 10.1 Å². The summed E-state index contributed by atoms with van der Waals surface area (Å²) in [5, 5.41) is 3.58. The van der Waals surface area contributed by atoms with Gasteiger partial charge in [0.25, 0.3) is 0 Å². The van der Waals surface area contributed by atoms with Crippen LogP contribution in [0, 0.1) is 0 Å². The molecule has 0 bridgehead atoms. The predicted molar refractivity (Wildman–Crippen MR) is 76.2 cm³/mol. The summed E-state index contributed by atoms with van der Waals surface area (Å²) in [6.45, 7) is 6.28. The second-order valence-corrected chi connectivity index (χ2v) is 5.08. The largest absolute Gasteiger partial charge is 0.493 e. The van der Waals surface area contributed by atoms with Crippen molar-refractivity contribution in [2.45, 2.75) is 52.0 Å². The molecular formula is C16H25NO. The maximum absolute atomic E-state index is 5.84. The molecule has 0 spiro atoms. The second-order valence-electron chi connectivity index (χ2n) is 5.08. The zero-order valence-corrected chi connectivity index (χ0v) is 11.7. The molecule has 1 aliphatic rings. The summed E-state index contributed by atoms with van der Waals surface area (Å²) in [5.41, 5.74) is 2.81. The molecule has 0 aliphatic carbocycles. The van der Waals surface area contributed by atoms with Crippen molar-refractivity contribution in [2.24, 2.45) is 0 Å². The van der Waals surface area contributed by atoms with E-state index in [1.54, 1.807) is 0 Å². The lowest BCUT2D eigenvalue weighted by Gasteiger charge is -2.18. The summed E-state index contributed by atoms with van der Waals surface area (Å²) < 4.78 is 5.84. The molecule has 0 fully saturated rings. The van der Waals surface area contributed by atoms with Crippen LogP contribution in [0.25, 0.3) is 0 Å². The predicted octanol–water partition coefficient (Wildman–Crippen LogP) is 3.85. The Kier molecular flexibility index (Phi) is 5.06. The van der Waals surface area contributed by atoms with Crippen LogP contribution in [0.2, 0.25) is 0 Å². The SMILES string of the molecule is CCCCc1ccc2c(c1)C(NCC)CCCO2. The average Bonchev–Trinajstić information content (AvgIpc) is 2.59. The fourth-order valence-electron chi connectivity index (χ4n) is 2.62. The monoisotopic (exact) mass is 247 g/mol. The van der Waals surface area contributed by atoms with E-state index in [1.807, 2.05) is 0 Å². The number of rotatable bonds is 5. The highest BCUT2D eigenvalue weighted by Crippen LogP contribution is 2.32. The number of benzene rings is 1. The van der Waals surface area contributed by atoms with Crippen molar-refractivity contribution in [2.75, 3.05) is 13.2 Å². The summed E-state index contributed by atoms with van der Waals surface area (Å²) in [6, 6.07) is 7.21. The lowest BCUT2D eigenvalue weighted by atomic mass is 9.98. The van der Waals surface area contributed by atoms with Crippen LogP contribution in [-0.2, 0) is 6.42 Å². The van der Waals surface area contributed by atoms with Gasteiger partial charge >= 0.3 is 0 Å². The molecule has 1 N–H and O–H groups in total. The number of fused-ring (bicyclic) bond motifs is 1. The van der Waals surface area contributed by atoms with E-state index >= 15 is 0 Å². The molecular weight excluding hydrogens is 222 g/mol. The molecule has 2 heteroatoms. The Hall–Kier alpha value is -1.02. The molecule has 1 atom stereocenters. The number of hydrogen-bond donors (Lipinski definition) is 1. The highest BCUT2D eigenvalue weighted by atomic mass is 16.5. The van der Waals surface area contributed by atoms with Crippen LogP contribution in [0.3, 0.4) is 0 Å². The molecule has 0 saturated heterocycles. The highest BCUT2D eigenvalue weighted by molar-refractivity contribution is 5.40. The number of ether oxygens (including phenoxy) is 1. The maximum atomic E-state index is 5.84.